The third-order valence-electron chi connectivity index (χ3n) is 7.63. The van der Waals surface area contributed by atoms with Gasteiger partial charge in [0.1, 0.15) is 11.5 Å². The molecule has 0 aromatic heterocycles. The van der Waals surface area contributed by atoms with Crippen molar-refractivity contribution in [2.75, 3.05) is 14.2 Å². The maximum Gasteiger partial charge on any atom is 0.274 e. The van der Waals surface area contributed by atoms with Crippen molar-refractivity contribution in [2.45, 2.75) is 51.5 Å². The van der Waals surface area contributed by atoms with E-state index in [0.29, 0.717) is 5.56 Å². The van der Waals surface area contributed by atoms with E-state index in [-0.39, 0.29) is 23.3 Å². The molecule has 2 aliphatic rings. The minimum absolute atomic E-state index is 0.0164. The Hall–Kier alpha value is -3.86. The zero-order valence-electron chi connectivity index (χ0n) is 22.9. The van der Waals surface area contributed by atoms with Crippen molar-refractivity contribution in [3.63, 3.8) is 0 Å². The lowest BCUT2D eigenvalue weighted by atomic mass is 9.77. The molecule has 1 fully saturated rings. The zero-order chi connectivity index (χ0) is 26.9. The average molecular weight is 509 g/mol. The van der Waals surface area contributed by atoms with Crippen molar-refractivity contribution < 1.29 is 14.3 Å². The van der Waals surface area contributed by atoms with Gasteiger partial charge in [0.15, 0.2) is 0 Å². The van der Waals surface area contributed by atoms with Crippen molar-refractivity contribution in [3.8, 4) is 11.5 Å². The smallest absolute Gasteiger partial charge is 0.274 e. The van der Waals surface area contributed by atoms with E-state index in [1.54, 1.807) is 19.2 Å². The van der Waals surface area contributed by atoms with Crippen LogP contribution in [0.3, 0.4) is 0 Å². The average Bonchev–Trinajstić information content (AvgIpc) is 3.33. The first-order valence-corrected chi connectivity index (χ1v) is 13.3. The second kappa shape index (κ2) is 10.5. The number of allylic oxidation sites excluding steroid dienone is 1. The molecule has 5 heteroatoms. The van der Waals surface area contributed by atoms with E-state index in [1.165, 1.54) is 5.56 Å². The van der Waals surface area contributed by atoms with Gasteiger partial charge in [0.2, 0.25) is 0 Å². The Morgan fingerprint density at radius 3 is 2.26 bits per heavy atom. The molecular formula is C33H36N2O3. The highest BCUT2D eigenvalue weighted by Crippen LogP contribution is 2.47. The molecule has 5 rings (SSSR count). The van der Waals surface area contributed by atoms with Gasteiger partial charge in [-0.25, -0.2) is 5.01 Å². The first kappa shape index (κ1) is 25.8. The van der Waals surface area contributed by atoms with Gasteiger partial charge in [-0.1, -0.05) is 69.3 Å². The number of carbonyl (C=O) groups excluding carboxylic acids is 1. The van der Waals surface area contributed by atoms with Crippen LogP contribution in [0.4, 0.5) is 0 Å². The molecule has 38 heavy (non-hydrogen) atoms. The second-order valence-corrected chi connectivity index (χ2v) is 11.1. The Labute approximate surface area is 225 Å². The van der Waals surface area contributed by atoms with E-state index < -0.39 is 0 Å². The van der Waals surface area contributed by atoms with Crippen molar-refractivity contribution in [1.29, 1.82) is 0 Å². The van der Waals surface area contributed by atoms with Gasteiger partial charge in [-0.2, -0.15) is 5.10 Å². The van der Waals surface area contributed by atoms with Gasteiger partial charge in [-0.3, -0.25) is 4.79 Å². The van der Waals surface area contributed by atoms with Crippen LogP contribution in [0.25, 0.3) is 6.08 Å². The van der Waals surface area contributed by atoms with Gasteiger partial charge in [0, 0.05) is 22.6 Å². The van der Waals surface area contributed by atoms with Crippen molar-refractivity contribution in [3.05, 3.63) is 101 Å². The molecule has 1 aliphatic heterocycles. The molecule has 5 nitrogen and oxygen atoms in total. The summed E-state index contributed by atoms with van der Waals surface area (Å²) in [5.74, 6) is 1.59. The number of fused-ring (bicyclic) bond motifs is 1. The fourth-order valence-electron chi connectivity index (χ4n) is 5.61. The lowest BCUT2D eigenvalue weighted by Gasteiger charge is -2.30. The molecule has 196 valence electrons. The number of hydrogen-bond acceptors (Lipinski definition) is 4. The number of rotatable bonds is 5. The number of carbonyl (C=O) groups is 1. The van der Waals surface area contributed by atoms with Crippen molar-refractivity contribution >= 4 is 17.7 Å². The molecule has 1 heterocycles. The highest BCUT2D eigenvalue weighted by atomic mass is 16.5. The number of hydrogen-bond donors (Lipinski definition) is 0. The summed E-state index contributed by atoms with van der Waals surface area (Å²) in [6, 6.07) is 23.7. The Balaban J connectivity index is 1.59. The number of amides is 1. The molecule has 1 aliphatic carbocycles. The number of ether oxygens (including phenoxy) is 2. The summed E-state index contributed by atoms with van der Waals surface area (Å²) in [7, 11) is 3.37. The van der Waals surface area contributed by atoms with Gasteiger partial charge in [0.25, 0.3) is 5.91 Å². The first-order chi connectivity index (χ1) is 18.3. The predicted octanol–water partition coefficient (Wildman–Crippen LogP) is 7.44. The second-order valence-electron chi connectivity index (χ2n) is 11.1. The van der Waals surface area contributed by atoms with Crippen LogP contribution in [-0.2, 0) is 5.41 Å². The number of benzene rings is 3. The van der Waals surface area contributed by atoms with E-state index in [1.807, 2.05) is 48.5 Å². The fourth-order valence-corrected chi connectivity index (χ4v) is 5.61. The summed E-state index contributed by atoms with van der Waals surface area (Å²) < 4.78 is 11.4. The van der Waals surface area contributed by atoms with E-state index in [9.17, 15) is 4.79 Å². The number of methoxy groups -OCH3 is 2. The van der Waals surface area contributed by atoms with Crippen LogP contribution in [0, 0.1) is 5.92 Å². The highest BCUT2D eigenvalue weighted by Gasteiger charge is 2.45. The monoisotopic (exact) mass is 508 g/mol. The minimum Gasteiger partial charge on any atom is -0.496 e. The third-order valence-corrected chi connectivity index (χ3v) is 7.63. The molecule has 0 bridgehead atoms. The van der Waals surface area contributed by atoms with Gasteiger partial charge in [0.05, 0.1) is 26.0 Å². The fraction of sp³-hybridized carbons (Fsp3) is 0.333. The molecule has 3 aromatic rings. The van der Waals surface area contributed by atoms with E-state index in [4.69, 9.17) is 14.6 Å². The summed E-state index contributed by atoms with van der Waals surface area (Å²) in [6.45, 7) is 6.52. The lowest BCUT2D eigenvalue weighted by molar-refractivity contribution is 0.0678. The third kappa shape index (κ3) is 4.85. The van der Waals surface area contributed by atoms with E-state index >= 15 is 0 Å². The quantitative estimate of drug-likeness (QED) is 0.360. The lowest BCUT2D eigenvalue weighted by Crippen LogP contribution is -2.32. The number of para-hydroxylation sites is 2. The van der Waals surface area contributed by atoms with Gasteiger partial charge in [-0.05, 0) is 66.2 Å². The van der Waals surface area contributed by atoms with E-state index in [0.717, 1.165) is 53.2 Å². The Morgan fingerprint density at radius 2 is 1.58 bits per heavy atom. The largest absolute Gasteiger partial charge is 0.496 e. The Morgan fingerprint density at radius 1 is 0.921 bits per heavy atom. The molecule has 2 unspecified atom stereocenters. The van der Waals surface area contributed by atoms with Crippen LogP contribution in [0.1, 0.15) is 73.1 Å². The molecule has 0 radical (unpaired) electrons. The van der Waals surface area contributed by atoms with Crippen LogP contribution in [0.15, 0.2) is 83.5 Å². The zero-order valence-corrected chi connectivity index (χ0v) is 22.9. The van der Waals surface area contributed by atoms with Gasteiger partial charge < -0.3 is 9.47 Å². The minimum atomic E-state index is -0.239. The SMILES string of the molecule is COc1ccccc1/C=C1\CCCC2C1=NN(C(=O)c1ccc(C(C)(C)C)cc1)C2c1ccccc1OC. The summed E-state index contributed by atoms with van der Waals surface area (Å²) in [5.41, 5.74) is 5.99. The summed E-state index contributed by atoms with van der Waals surface area (Å²) >= 11 is 0. The van der Waals surface area contributed by atoms with Crippen LogP contribution < -0.4 is 9.47 Å². The molecule has 2 atom stereocenters. The molecule has 0 spiro atoms. The van der Waals surface area contributed by atoms with Crippen LogP contribution >= 0.6 is 0 Å². The van der Waals surface area contributed by atoms with Crippen molar-refractivity contribution in [1.82, 2.24) is 5.01 Å². The Kier molecular flexibility index (Phi) is 7.11. The van der Waals surface area contributed by atoms with Crippen LogP contribution in [-0.4, -0.2) is 30.8 Å². The number of nitrogens with zero attached hydrogens (tertiary/aromatic N) is 2. The maximum atomic E-state index is 14.0. The summed E-state index contributed by atoms with van der Waals surface area (Å²) in [6.07, 6.45) is 5.07. The molecule has 0 N–H and O–H groups in total. The molecular weight excluding hydrogens is 472 g/mol. The molecule has 1 saturated carbocycles. The molecule has 3 aromatic carbocycles. The highest BCUT2D eigenvalue weighted by molar-refractivity contribution is 6.09. The predicted molar refractivity (Wildman–Crippen MR) is 153 cm³/mol. The summed E-state index contributed by atoms with van der Waals surface area (Å²) in [4.78, 5) is 14.0. The van der Waals surface area contributed by atoms with Crippen LogP contribution in [0.2, 0.25) is 0 Å². The molecule has 0 saturated heterocycles. The maximum absolute atomic E-state index is 14.0. The number of hydrazone groups is 1. The van der Waals surface area contributed by atoms with E-state index in [2.05, 4.69) is 51.1 Å². The van der Waals surface area contributed by atoms with Crippen molar-refractivity contribution in [2.24, 2.45) is 11.0 Å². The van der Waals surface area contributed by atoms with Crippen LogP contribution in [0.5, 0.6) is 11.5 Å². The molecule has 1 amide bonds. The standard InChI is InChI=1S/C33H36N2O3/c1-33(2,3)25-19-17-22(18-20-25)32(36)35-31(26-13-7-9-16-29(26)38-5)27-14-10-12-24(30(27)34-35)21-23-11-6-8-15-28(23)37-4/h6-9,11,13,15-21,27,31H,10,12,14H2,1-5H3/b24-21+. The van der Waals surface area contributed by atoms with Gasteiger partial charge in [-0.15, -0.1) is 0 Å². The normalized spacial score (nSPS) is 20.2. The topological polar surface area (TPSA) is 51.1 Å². The summed E-state index contributed by atoms with van der Waals surface area (Å²) in [5, 5.41) is 6.76. The van der Waals surface area contributed by atoms with Gasteiger partial charge >= 0.3 is 0 Å². The first-order valence-electron chi connectivity index (χ1n) is 13.3. The Bertz CT molecular complexity index is 1380.